The van der Waals surface area contributed by atoms with Crippen LogP contribution in [-0.4, -0.2) is 77.8 Å². The van der Waals surface area contributed by atoms with Gasteiger partial charge in [-0.1, -0.05) is 17.7 Å². The number of aliphatic carboxylic acids is 1. The van der Waals surface area contributed by atoms with Gasteiger partial charge in [-0.15, -0.1) is 11.8 Å². The lowest BCUT2D eigenvalue weighted by Gasteiger charge is -2.39. The first-order valence-corrected chi connectivity index (χ1v) is 12.0. The predicted molar refractivity (Wildman–Crippen MR) is 126 cm³/mol. The average Bonchev–Trinajstić information content (AvgIpc) is 2.92. The van der Waals surface area contributed by atoms with Crippen molar-refractivity contribution in [2.24, 2.45) is 0 Å². The number of methoxy groups -OCH3 is 1. The van der Waals surface area contributed by atoms with Gasteiger partial charge in [0, 0.05) is 29.4 Å². The van der Waals surface area contributed by atoms with Gasteiger partial charge in [0.15, 0.2) is 0 Å². The predicted octanol–water partition coefficient (Wildman–Crippen LogP) is 1.10. The van der Waals surface area contributed by atoms with Gasteiger partial charge in [0.05, 0.1) is 36.6 Å². The fourth-order valence-corrected chi connectivity index (χ4v) is 4.86. The molecule has 1 fully saturated rings. The quantitative estimate of drug-likeness (QED) is 0.628. The van der Waals surface area contributed by atoms with E-state index >= 15 is 0 Å². The van der Waals surface area contributed by atoms with Gasteiger partial charge in [0.25, 0.3) is 5.91 Å². The summed E-state index contributed by atoms with van der Waals surface area (Å²) in [4.78, 5) is 52.4. The van der Waals surface area contributed by atoms with E-state index in [0.717, 1.165) is 11.8 Å². The lowest BCUT2D eigenvalue weighted by molar-refractivity contribution is -0.301. The summed E-state index contributed by atoms with van der Waals surface area (Å²) in [6.07, 6.45) is 0. The third-order valence-corrected chi connectivity index (χ3v) is 6.85. The van der Waals surface area contributed by atoms with Crippen LogP contribution in [0.1, 0.15) is 10.4 Å². The highest BCUT2D eigenvalue weighted by Crippen LogP contribution is 2.36. The number of benzene rings is 2. The van der Waals surface area contributed by atoms with Crippen LogP contribution in [0.2, 0.25) is 5.02 Å². The molecule has 178 valence electrons. The van der Waals surface area contributed by atoms with Crippen LogP contribution in [-0.2, 0) is 14.4 Å². The number of hydrogen-bond acceptors (Lipinski definition) is 7. The molecule has 2 aliphatic rings. The molecule has 4 rings (SSSR count). The molecule has 2 aliphatic heterocycles. The average molecular weight is 503 g/mol. The number of halogens is 1. The van der Waals surface area contributed by atoms with Crippen molar-refractivity contribution in [1.29, 1.82) is 0 Å². The minimum atomic E-state index is -1.25. The van der Waals surface area contributed by atoms with E-state index in [0.29, 0.717) is 33.1 Å². The number of carboxylic acids is 1. The smallest absolute Gasteiger partial charge is 0.256 e. The summed E-state index contributed by atoms with van der Waals surface area (Å²) in [7, 11) is 1.55. The minimum absolute atomic E-state index is 0.0330. The number of carboxylic acid groups (broad SMARTS) is 1. The summed E-state index contributed by atoms with van der Waals surface area (Å²) in [5.74, 6) is -1.98. The molecule has 0 spiro atoms. The second kappa shape index (κ2) is 9.94. The molecule has 2 aromatic carbocycles. The van der Waals surface area contributed by atoms with Crippen molar-refractivity contribution in [3.63, 3.8) is 0 Å². The summed E-state index contributed by atoms with van der Waals surface area (Å²) in [5, 5.41) is 13.9. The Hall–Kier alpha value is -3.24. The Morgan fingerprint density at radius 1 is 1.15 bits per heavy atom. The highest BCUT2D eigenvalue weighted by Gasteiger charge is 2.40. The Labute approximate surface area is 205 Å². The van der Waals surface area contributed by atoms with E-state index in [-0.39, 0.29) is 48.9 Å². The van der Waals surface area contributed by atoms with E-state index in [1.165, 1.54) is 9.80 Å². The number of thioether (sulfide) groups is 1. The molecular weight excluding hydrogens is 482 g/mol. The molecule has 0 bridgehead atoms. The molecule has 2 heterocycles. The van der Waals surface area contributed by atoms with E-state index in [1.54, 1.807) is 43.5 Å². The summed E-state index contributed by atoms with van der Waals surface area (Å²) >= 11 is 7.10. The van der Waals surface area contributed by atoms with E-state index in [2.05, 4.69) is 5.32 Å². The molecular formula is C23H21ClN3O6S-. The maximum atomic E-state index is 13.4. The molecule has 1 atom stereocenters. The van der Waals surface area contributed by atoms with E-state index in [9.17, 15) is 24.3 Å². The van der Waals surface area contributed by atoms with Crippen molar-refractivity contribution in [2.75, 3.05) is 43.6 Å². The number of hydrogen-bond donors (Lipinski definition) is 1. The van der Waals surface area contributed by atoms with Crippen LogP contribution in [0.3, 0.4) is 0 Å². The molecule has 0 unspecified atom stereocenters. The van der Waals surface area contributed by atoms with Crippen LogP contribution in [0.25, 0.3) is 11.1 Å². The number of carbonyl (C=O) groups excluding carboxylic acids is 4. The van der Waals surface area contributed by atoms with Crippen LogP contribution in [0.15, 0.2) is 36.4 Å². The van der Waals surface area contributed by atoms with Gasteiger partial charge in [0.2, 0.25) is 11.8 Å². The molecule has 1 N–H and O–H groups in total. The maximum Gasteiger partial charge on any atom is 0.256 e. The van der Waals surface area contributed by atoms with Crippen LogP contribution in [0.5, 0.6) is 5.75 Å². The molecule has 11 heteroatoms. The molecule has 0 radical (unpaired) electrons. The van der Waals surface area contributed by atoms with Gasteiger partial charge >= 0.3 is 0 Å². The first kappa shape index (κ1) is 23.9. The van der Waals surface area contributed by atoms with Gasteiger partial charge in [-0.25, -0.2) is 0 Å². The van der Waals surface area contributed by atoms with Crippen LogP contribution < -0.4 is 15.2 Å². The van der Waals surface area contributed by atoms with Crippen molar-refractivity contribution in [3.05, 3.63) is 47.0 Å². The third kappa shape index (κ3) is 4.83. The largest absolute Gasteiger partial charge is 0.549 e. The van der Waals surface area contributed by atoms with Gasteiger partial charge in [-0.05, 0) is 35.9 Å². The van der Waals surface area contributed by atoms with E-state index in [1.807, 2.05) is 0 Å². The zero-order chi connectivity index (χ0) is 24.4. The monoisotopic (exact) mass is 502 g/mol. The van der Waals surface area contributed by atoms with Crippen LogP contribution in [0.4, 0.5) is 5.69 Å². The lowest BCUT2D eigenvalue weighted by atomic mass is 10.00. The van der Waals surface area contributed by atoms with Crippen LogP contribution in [0, 0.1) is 0 Å². The number of amides is 3. The number of anilines is 1. The second-order valence-corrected chi connectivity index (χ2v) is 9.24. The van der Waals surface area contributed by atoms with Crippen molar-refractivity contribution in [2.45, 2.75) is 6.04 Å². The minimum Gasteiger partial charge on any atom is -0.549 e. The number of nitrogens with zero attached hydrogens (tertiary/aromatic N) is 2. The fraction of sp³-hybridized carbons (Fsp3) is 0.304. The molecule has 2 aromatic rings. The number of piperazine rings is 1. The Bertz CT molecular complexity index is 1170. The second-order valence-electron chi connectivity index (χ2n) is 7.81. The molecule has 9 nitrogen and oxygen atoms in total. The Morgan fingerprint density at radius 3 is 2.68 bits per heavy atom. The first-order chi connectivity index (χ1) is 16.3. The summed E-state index contributed by atoms with van der Waals surface area (Å²) < 4.78 is 5.43. The normalized spacial score (nSPS) is 17.4. The molecule has 1 saturated heterocycles. The van der Waals surface area contributed by atoms with Crippen molar-refractivity contribution in [3.8, 4) is 16.9 Å². The zero-order valence-electron chi connectivity index (χ0n) is 18.2. The highest BCUT2D eigenvalue weighted by atomic mass is 35.5. The zero-order valence-corrected chi connectivity index (χ0v) is 19.8. The number of nitrogens with one attached hydrogen (secondary N) is 1. The van der Waals surface area contributed by atoms with E-state index in [4.69, 9.17) is 16.3 Å². The number of ether oxygens (including phenoxy) is 1. The number of fused-ring (bicyclic) bond motifs is 2. The Kier molecular flexibility index (Phi) is 6.99. The van der Waals surface area contributed by atoms with Gasteiger partial charge in [-0.2, -0.15) is 0 Å². The van der Waals surface area contributed by atoms with E-state index < -0.39 is 12.0 Å². The number of rotatable bonds is 6. The Balaban J connectivity index is 1.58. The van der Waals surface area contributed by atoms with Crippen molar-refractivity contribution < 1.29 is 29.0 Å². The lowest BCUT2D eigenvalue weighted by Crippen LogP contribution is -2.59. The van der Waals surface area contributed by atoms with Gasteiger partial charge in [0.1, 0.15) is 11.8 Å². The van der Waals surface area contributed by atoms with Gasteiger partial charge in [-0.3, -0.25) is 14.4 Å². The standard InChI is InChI=1S/C23H22ClN3O6S/c1-33-19-5-3-14(24)9-15(19)13-2-4-17-16(8-13)23(32)27-7-6-26(10-18(27)22(31)25-17)20(28)11-34-12-21(29)30/h2-5,8-9,18H,6-7,10-12H2,1H3,(H,25,31)(H,29,30)/p-1/t18-/m0/s1. The molecule has 34 heavy (non-hydrogen) atoms. The maximum absolute atomic E-state index is 13.4. The molecule has 3 amide bonds. The number of carbonyl (C=O) groups is 4. The van der Waals surface area contributed by atoms with Crippen molar-refractivity contribution in [1.82, 2.24) is 9.80 Å². The third-order valence-electron chi connectivity index (χ3n) is 5.72. The molecule has 0 saturated carbocycles. The topological polar surface area (TPSA) is 119 Å². The van der Waals surface area contributed by atoms with Gasteiger partial charge < -0.3 is 29.8 Å². The van der Waals surface area contributed by atoms with Crippen molar-refractivity contribution >= 4 is 52.7 Å². The fourth-order valence-electron chi connectivity index (χ4n) is 4.06. The summed E-state index contributed by atoms with van der Waals surface area (Å²) in [6.45, 7) is 0.459. The highest BCUT2D eigenvalue weighted by molar-refractivity contribution is 8.00. The van der Waals surface area contributed by atoms with Crippen LogP contribution >= 0.6 is 23.4 Å². The first-order valence-electron chi connectivity index (χ1n) is 10.4. The molecule has 0 aromatic heterocycles. The summed E-state index contributed by atoms with van der Waals surface area (Å²) in [5.41, 5.74) is 2.14. The SMILES string of the molecule is COc1ccc(Cl)cc1-c1ccc2c(c1)C(=O)N1CCN(C(=O)CSCC(=O)[O-])C[C@H]1C(=O)N2. The summed E-state index contributed by atoms with van der Waals surface area (Å²) in [6, 6.07) is 9.48. The molecule has 0 aliphatic carbocycles. The Morgan fingerprint density at radius 2 is 1.94 bits per heavy atom.